The van der Waals surface area contributed by atoms with Crippen molar-refractivity contribution in [1.82, 2.24) is 0 Å². The minimum atomic E-state index is -1.03. The van der Waals surface area contributed by atoms with E-state index < -0.39 is 5.97 Å². The van der Waals surface area contributed by atoms with Gasteiger partial charge >= 0.3 is 5.97 Å². The molecule has 0 aliphatic rings. The van der Waals surface area contributed by atoms with E-state index in [0.29, 0.717) is 16.9 Å². The van der Waals surface area contributed by atoms with Crippen LogP contribution in [0.3, 0.4) is 0 Å². The van der Waals surface area contributed by atoms with Crippen molar-refractivity contribution in [1.29, 1.82) is 5.26 Å². The van der Waals surface area contributed by atoms with Crippen molar-refractivity contribution >= 4 is 23.0 Å². The first kappa shape index (κ1) is 9.99. The molecule has 16 heavy (non-hydrogen) atoms. The number of hydrogen-bond donors (Lipinski definition) is 1. The number of carboxylic acids is 1. The maximum Gasteiger partial charge on any atom is 0.328 e. The standard InChI is InChI=1S/C12H7NO3/c13-7-8-1-3-11-9(5-8)6-10(16-11)2-4-12(14)15/h1-6H,(H,14,15)/b4-2+. The zero-order chi connectivity index (χ0) is 11.5. The van der Waals surface area contributed by atoms with E-state index in [1.54, 1.807) is 24.3 Å². The predicted molar refractivity (Wildman–Crippen MR) is 57.6 cm³/mol. The summed E-state index contributed by atoms with van der Waals surface area (Å²) >= 11 is 0. The van der Waals surface area contributed by atoms with E-state index in [-0.39, 0.29) is 0 Å². The Balaban J connectivity index is 2.45. The van der Waals surface area contributed by atoms with Crippen LogP contribution in [0, 0.1) is 11.3 Å². The molecule has 4 heteroatoms. The second-order valence-corrected chi connectivity index (χ2v) is 3.18. The molecule has 2 rings (SSSR count). The quantitative estimate of drug-likeness (QED) is 0.777. The Labute approximate surface area is 91.0 Å². The molecule has 0 unspecified atom stereocenters. The minimum Gasteiger partial charge on any atom is -0.478 e. The summed E-state index contributed by atoms with van der Waals surface area (Å²) in [7, 11) is 0. The normalized spacial score (nSPS) is 10.7. The van der Waals surface area contributed by atoms with Gasteiger partial charge in [0.2, 0.25) is 0 Å². The Morgan fingerprint density at radius 1 is 1.44 bits per heavy atom. The third-order valence-electron chi connectivity index (χ3n) is 2.05. The molecule has 1 N–H and O–H groups in total. The summed E-state index contributed by atoms with van der Waals surface area (Å²) in [4.78, 5) is 10.3. The van der Waals surface area contributed by atoms with Gasteiger partial charge < -0.3 is 9.52 Å². The molecule has 1 heterocycles. The molecule has 0 saturated carbocycles. The van der Waals surface area contributed by atoms with Crippen LogP contribution in [0.15, 0.2) is 34.8 Å². The van der Waals surface area contributed by atoms with Gasteiger partial charge in [-0.25, -0.2) is 4.79 Å². The van der Waals surface area contributed by atoms with Gasteiger partial charge in [0.1, 0.15) is 11.3 Å². The summed E-state index contributed by atoms with van der Waals surface area (Å²) in [6.45, 7) is 0. The van der Waals surface area contributed by atoms with E-state index in [2.05, 4.69) is 0 Å². The second-order valence-electron chi connectivity index (χ2n) is 3.18. The van der Waals surface area contributed by atoms with Crippen molar-refractivity contribution in [3.8, 4) is 6.07 Å². The number of carboxylic acid groups (broad SMARTS) is 1. The zero-order valence-electron chi connectivity index (χ0n) is 8.18. The molecule has 78 valence electrons. The van der Waals surface area contributed by atoms with Crippen molar-refractivity contribution < 1.29 is 14.3 Å². The molecule has 4 nitrogen and oxygen atoms in total. The molecule has 0 radical (unpaired) electrons. The molecule has 0 amide bonds. The third kappa shape index (κ3) is 1.93. The Morgan fingerprint density at radius 2 is 2.25 bits per heavy atom. The molecule has 2 aromatic rings. The van der Waals surface area contributed by atoms with Gasteiger partial charge in [0, 0.05) is 11.5 Å². The Morgan fingerprint density at radius 3 is 2.94 bits per heavy atom. The van der Waals surface area contributed by atoms with Crippen LogP contribution in [-0.4, -0.2) is 11.1 Å². The Kier molecular flexibility index (Phi) is 2.44. The lowest BCUT2D eigenvalue weighted by Crippen LogP contribution is -1.84. The summed E-state index contributed by atoms with van der Waals surface area (Å²) in [5.41, 5.74) is 1.17. The Bertz CT molecular complexity index is 617. The Hall–Kier alpha value is -2.54. The van der Waals surface area contributed by atoms with Gasteiger partial charge in [-0.15, -0.1) is 0 Å². The van der Waals surface area contributed by atoms with Crippen LogP contribution in [0.4, 0.5) is 0 Å². The summed E-state index contributed by atoms with van der Waals surface area (Å²) in [6, 6.07) is 8.74. The van der Waals surface area contributed by atoms with Crippen LogP contribution >= 0.6 is 0 Å². The molecule has 0 aliphatic carbocycles. The summed E-state index contributed by atoms with van der Waals surface area (Å²) < 4.78 is 5.36. The SMILES string of the molecule is N#Cc1ccc2oc(/C=C/C(=O)O)cc2c1. The van der Waals surface area contributed by atoms with Crippen molar-refractivity contribution in [2.45, 2.75) is 0 Å². The van der Waals surface area contributed by atoms with Gasteiger partial charge in [-0.1, -0.05) is 0 Å². The third-order valence-corrected chi connectivity index (χ3v) is 2.05. The molecule has 0 aliphatic heterocycles. The molecular weight excluding hydrogens is 206 g/mol. The number of benzene rings is 1. The lowest BCUT2D eigenvalue weighted by molar-refractivity contribution is -0.131. The number of nitrogens with zero attached hydrogens (tertiary/aromatic N) is 1. The number of carbonyl (C=O) groups is 1. The second kappa shape index (κ2) is 3.91. The molecule has 0 saturated heterocycles. The molecule has 0 bridgehead atoms. The number of rotatable bonds is 2. The van der Waals surface area contributed by atoms with Crippen LogP contribution in [0.25, 0.3) is 17.0 Å². The molecular formula is C12H7NO3. The average Bonchev–Trinajstić information content (AvgIpc) is 2.67. The van der Waals surface area contributed by atoms with Crippen molar-refractivity contribution in [2.75, 3.05) is 0 Å². The van der Waals surface area contributed by atoms with Crippen molar-refractivity contribution in [3.63, 3.8) is 0 Å². The van der Waals surface area contributed by atoms with Crippen LogP contribution in [0.2, 0.25) is 0 Å². The number of aliphatic carboxylic acids is 1. The largest absolute Gasteiger partial charge is 0.478 e. The van der Waals surface area contributed by atoms with E-state index in [9.17, 15) is 4.79 Å². The first-order chi connectivity index (χ1) is 7.69. The fourth-order valence-corrected chi connectivity index (χ4v) is 1.37. The first-order valence-electron chi connectivity index (χ1n) is 4.54. The summed E-state index contributed by atoms with van der Waals surface area (Å²) in [5, 5.41) is 17.9. The van der Waals surface area contributed by atoms with Crippen LogP contribution in [-0.2, 0) is 4.79 Å². The minimum absolute atomic E-state index is 0.451. The van der Waals surface area contributed by atoms with E-state index >= 15 is 0 Å². The number of fused-ring (bicyclic) bond motifs is 1. The molecule has 0 atom stereocenters. The highest BCUT2D eigenvalue weighted by atomic mass is 16.4. The van der Waals surface area contributed by atoms with E-state index in [4.69, 9.17) is 14.8 Å². The highest BCUT2D eigenvalue weighted by molar-refractivity contribution is 5.87. The first-order valence-corrected chi connectivity index (χ1v) is 4.54. The topological polar surface area (TPSA) is 74.2 Å². The van der Waals surface area contributed by atoms with Crippen LogP contribution in [0.5, 0.6) is 0 Å². The predicted octanol–water partition coefficient (Wildman–Crippen LogP) is 2.40. The van der Waals surface area contributed by atoms with Crippen molar-refractivity contribution in [3.05, 3.63) is 41.7 Å². The van der Waals surface area contributed by atoms with E-state index in [1.165, 1.54) is 6.08 Å². The molecule has 0 spiro atoms. The zero-order valence-corrected chi connectivity index (χ0v) is 8.18. The number of nitriles is 1. The van der Waals surface area contributed by atoms with Crippen LogP contribution < -0.4 is 0 Å². The average molecular weight is 213 g/mol. The molecule has 1 aromatic carbocycles. The van der Waals surface area contributed by atoms with Gasteiger partial charge in [-0.05, 0) is 30.3 Å². The van der Waals surface area contributed by atoms with Gasteiger partial charge in [0.25, 0.3) is 0 Å². The van der Waals surface area contributed by atoms with Gasteiger partial charge in [0.05, 0.1) is 11.6 Å². The van der Waals surface area contributed by atoms with Crippen LogP contribution in [0.1, 0.15) is 11.3 Å². The highest BCUT2D eigenvalue weighted by Crippen LogP contribution is 2.21. The molecule has 1 aromatic heterocycles. The summed E-state index contributed by atoms with van der Waals surface area (Å²) in [5.74, 6) is -0.578. The van der Waals surface area contributed by atoms with Gasteiger partial charge in [-0.3, -0.25) is 0 Å². The van der Waals surface area contributed by atoms with Crippen molar-refractivity contribution in [2.24, 2.45) is 0 Å². The monoisotopic (exact) mass is 213 g/mol. The number of furan rings is 1. The highest BCUT2D eigenvalue weighted by Gasteiger charge is 2.02. The maximum atomic E-state index is 10.3. The van der Waals surface area contributed by atoms with Gasteiger partial charge in [0.15, 0.2) is 0 Å². The summed E-state index contributed by atoms with van der Waals surface area (Å²) in [6.07, 6.45) is 2.37. The fraction of sp³-hybridized carbons (Fsp3) is 0. The van der Waals surface area contributed by atoms with E-state index in [1.807, 2.05) is 6.07 Å². The maximum absolute atomic E-state index is 10.3. The number of hydrogen-bond acceptors (Lipinski definition) is 3. The lowest BCUT2D eigenvalue weighted by atomic mass is 10.2. The lowest BCUT2D eigenvalue weighted by Gasteiger charge is -1.87. The fourth-order valence-electron chi connectivity index (χ4n) is 1.37. The molecule has 0 fully saturated rings. The van der Waals surface area contributed by atoms with E-state index in [0.717, 1.165) is 11.5 Å². The smallest absolute Gasteiger partial charge is 0.328 e. The van der Waals surface area contributed by atoms with Gasteiger partial charge in [-0.2, -0.15) is 5.26 Å².